The highest BCUT2D eigenvalue weighted by molar-refractivity contribution is 6.30. The van der Waals surface area contributed by atoms with Gasteiger partial charge in [-0.1, -0.05) is 11.6 Å². The van der Waals surface area contributed by atoms with Gasteiger partial charge in [-0.05, 0) is 31.2 Å². The van der Waals surface area contributed by atoms with Crippen molar-refractivity contribution in [3.8, 4) is 0 Å². The first-order valence-electron chi connectivity index (χ1n) is 4.09. The van der Waals surface area contributed by atoms with Crippen LogP contribution in [0.5, 0.6) is 0 Å². The maximum absolute atomic E-state index is 9.02. The Kier molecular flexibility index (Phi) is 3.66. The first-order valence-corrected chi connectivity index (χ1v) is 4.47. The smallest absolute Gasteiger partial charge is 0.131 e. The number of hydrogen-bond donors (Lipinski definition) is 2. The summed E-state index contributed by atoms with van der Waals surface area (Å²) in [7, 11) is 1.80. The molecule has 0 aliphatic heterocycles. The van der Waals surface area contributed by atoms with Crippen LogP contribution in [0.2, 0.25) is 5.15 Å². The summed E-state index contributed by atoms with van der Waals surface area (Å²) >= 11 is 5.78. The Bertz CT molecular complexity index is 287. The minimum atomic E-state index is -0.0662. The maximum atomic E-state index is 9.02. The lowest BCUT2D eigenvalue weighted by molar-refractivity contribution is 0.250. The second-order valence-electron chi connectivity index (χ2n) is 2.90. The molecule has 0 aliphatic carbocycles. The Hall–Kier alpha value is -0.640. The van der Waals surface area contributed by atoms with Crippen LogP contribution in [0.1, 0.15) is 17.2 Å². The fourth-order valence-electron chi connectivity index (χ4n) is 1.13. The number of nitrogens with zero attached hydrogens (tertiary/aromatic N) is 1. The molecular formula is C9H13ClN2O. The molecular weight excluding hydrogens is 188 g/mol. The van der Waals surface area contributed by atoms with Crippen LogP contribution in [0.15, 0.2) is 12.3 Å². The minimum absolute atomic E-state index is 0.0548. The maximum Gasteiger partial charge on any atom is 0.131 e. The molecule has 0 saturated heterocycles. The number of aliphatic hydroxyl groups is 1. The van der Waals surface area contributed by atoms with Gasteiger partial charge in [0.1, 0.15) is 5.15 Å². The first-order chi connectivity index (χ1) is 6.19. The number of pyridine rings is 1. The van der Waals surface area contributed by atoms with E-state index in [0.29, 0.717) is 5.15 Å². The number of aromatic nitrogens is 1. The average Bonchev–Trinajstić information content (AvgIpc) is 2.13. The van der Waals surface area contributed by atoms with Gasteiger partial charge in [-0.15, -0.1) is 0 Å². The molecule has 0 fully saturated rings. The summed E-state index contributed by atoms with van der Waals surface area (Å²) in [5.74, 6) is 0. The van der Waals surface area contributed by atoms with E-state index in [0.717, 1.165) is 11.1 Å². The lowest BCUT2D eigenvalue weighted by atomic mass is 10.1. The number of likely N-dealkylation sites (N-methyl/N-ethyl adjacent to an activating group) is 1. The average molecular weight is 201 g/mol. The van der Waals surface area contributed by atoms with E-state index in [-0.39, 0.29) is 12.6 Å². The molecule has 1 rings (SSSR count). The number of aliphatic hydroxyl groups excluding tert-OH is 1. The SMILES string of the molecule is CN[C@H](CO)c1cnc(Cl)c(C)c1. The van der Waals surface area contributed by atoms with Crippen LogP contribution in [-0.2, 0) is 0 Å². The predicted molar refractivity (Wildman–Crippen MR) is 52.9 cm³/mol. The summed E-state index contributed by atoms with van der Waals surface area (Å²) in [6.45, 7) is 1.95. The van der Waals surface area contributed by atoms with Crippen LogP contribution >= 0.6 is 11.6 Å². The number of nitrogens with one attached hydrogen (secondary N) is 1. The van der Waals surface area contributed by atoms with E-state index in [1.165, 1.54) is 0 Å². The molecule has 13 heavy (non-hydrogen) atoms. The van der Waals surface area contributed by atoms with Gasteiger partial charge in [-0.25, -0.2) is 4.98 Å². The Labute approximate surface area is 82.8 Å². The Balaban J connectivity index is 2.95. The predicted octanol–water partition coefficient (Wildman–Crippen LogP) is 1.30. The van der Waals surface area contributed by atoms with Gasteiger partial charge in [0.15, 0.2) is 0 Å². The van der Waals surface area contributed by atoms with Crippen LogP contribution in [0.4, 0.5) is 0 Å². The van der Waals surface area contributed by atoms with Crippen LogP contribution in [0.3, 0.4) is 0 Å². The van der Waals surface area contributed by atoms with Gasteiger partial charge in [0.05, 0.1) is 12.6 Å². The molecule has 0 aromatic carbocycles. The second-order valence-corrected chi connectivity index (χ2v) is 3.26. The van der Waals surface area contributed by atoms with Gasteiger partial charge in [0.2, 0.25) is 0 Å². The van der Waals surface area contributed by atoms with Crippen molar-refractivity contribution in [3.05, 3.63) is 28.5 Å². The molecule has 72 valence electrons. The quantitative estimate of drug-likeness (QED) is 0.723. The van der Waals surface area contributed by atoms with Gasteiger partial charge in [-0.3, -0.25) is 0 Å². The Morgan fingerprint density at radius 1 is 1.69 bits per heavy atom. The van der Waals surface area contributed by atoms with Gasteiger partial charge in [0, 0.05) is 6.20 Å². The first kappa shape index (κ1) is 10.4. The molecule has 3 nitrogen and oxygen atoms in total. The molecule has 4 heteroatoms. The van der Waals surface area contributed by atoms with Crippen molar-refractivity contribution < 1.29 is 5.11 Å². The number of aryl methyl sites for hydroxylation is 1. The van der Waals surface area contributed by atoms with Gasteiger partial charge < -0.3 is 10.4 Å². The van der Waals surface area contributed by atoms with Crippen LogP contribution in [0.25, 0.3) is 0 Å². The molecule has 0 radical (unpaired) electrons. The number of halogens is 1. The Morgan fingerprint density at radius 3 is 2.85 bits per heavy atom. The molecule has 1 atom stereocenters. The summed E-state index contributed by atoms with van der Waals surface area (Å²) in [5, 5.41) is 12.5. The highest BCUT2D eigenvalue weighted by atomic mass is 35.5. The standard InChI is InChI=1S/C9H13ClN2O/c1-6-3-7(4-12-9(6)10)8(5-13)11-2/h3-4,8,11,13H,5H2,1-2H3/t8-/m1/s1. The number of hydrogen-bond acceptors (Lipinski definition) is 3. The van der Waals surface area contributed by atoms with E-state index in [9.17, 15) is 0 Å². The molecule has 1 aromatic heterocycles. The topological polar surface area (TPSA) is 45.1 Å². The third kappa shape index (κ3) is 2.40. The molecule has 0 amide bonds. The van der Waals surface area contributed by atoms with E-state index in [1.54, 1.807) is 13.2 Å². The third-order valence-electron chi connectivity index (χ3n) is 1.97. The molecule has 2 N–H and O–H groups in total. The van der Waals surface area contributed by atoms with E-state index >= 15 is 0 Å². The fourth-order valence-corrected chi connectivity index (χ4v) is 1.24. The molecule has 0 bridgehead atoms. The monoisotopic (exact) mass is 200 g/mol. The lowest BCUT2D eigenvalue weighted by Crippen LogP contribution is -2.20. The Morgan fingerprint density at radius 2 is 2.38 bits per heavy atom. The number of rotatable bonds is 3. The van der Waals surface area contributed by atoms with E-state index in [2.05, 4.69) is 10.3 Å². The largest absolute Gasteiger partial charge is 0.394 e. The minimum Gasteiger partial charge on any atom is -0.394 e. The summed E-state index contributed by atoms with van der Waals surface area (Å²) in [5.41, 5.74) is 1.87. The zero-order chi connectivity index (χ0) is 9.84. The third-order valence-corrected chi connectivity index (χ3v) is 2.36. The zero-order valence-corrected chi connectivity index (χ0v) is 8.47. The van der Waals surface area contributed by atoms with Gasteiger partial charge >= 0.3 is 0 Å². The van der Waals surface area contributed by atoms with Crippen molar-refractivity contribution in [1.29, 1.82) is 0 Å². The van der Waals surface area contributed by atoms with Crippen LogP contribution in [0, 0.1) is 6.92 Å². The van der Waals surface area contributed by atoms with Gasteiger partial charge in [-0.2, -0.15) is 0 Å². The van der Waals surface area contributed by atoms with E-state index < -0.39 is 0 Å². The molecule has 0 saturated carbocycles. The molecule has 0 spiro atoms. The van der Waals surface area contributed by atoms with Crippen molar-refractivity contribution in [3.63, 3.8) is 0 Å². The molecule has 0 aliphatic rings. The zero-order valence-electron chi connectivity index (χ0n) is 7.71. The lowest BCUT2D eigenvalue weighted by Gasteiger charge is -2.13. The molecule has 1 aromatic rings. The van der Waals surface area contributed by atoms with Crippen LogP contribution < -0.4 is 5.32 Å². The van der Waals surface area contributed by atoms with Crippen molar-refractivity contribution in [2.24, 2.45) is 0 Å². The van der Waals surface area contributed by atoms with Crippen molar-refractivity contribution in [1.82, 2.24) is 10.3 Å². The summed E-state index contributed by atoms with van der Waals surface area (Å²) in [6.07, 6.45) is 1.67. The van der Waals surface area contributed by atoms with Gasteiger partial charge in [0.25, 0.3) is 0 Å². The highest BCUT2D eigenvalue weighted by Crippen LogP contribution is 2.17. The summed E-state index contributed by atoms with van der Waals surface area (Å²) in [6, 6.07) is 1.86. The van der Waals surface area contributed by atoms with Crippen molar-refractivity contribution in [2.45, 2.75) is 13.0 Å². The molecule has 0 unspecified atom stereocenters. The summed E-state index contributed by atoms with van der Waals surface area (Å²) < 4.78 is 0. The fraction of sp³-hybridized carbons (Fsp3) is 0.444. The van der Waals surface area contributed by atoms with Crippen molar-refractivity contribution >= 4 is 11.6 Å². The van der Waals surface area contributed by atoms with E-state index in [4.69, 9.17) is 16.7 Å². The van der Waals surface area contributed by atoms with Crippen molar-refractivity contribution in [2.75, 3.05) is 13.7 Å². The summed E-state index contributed by atoms with van der Waals surface area (Å²) in [4.78, 5) is 4.01. The van der Waals surface area contributed by atoms with E-state index in [1.807, 2.05) is 13.0 Å². The van der Waals surface area contributed by atoms with Crippen LogP contribution in [-0.4, -0.2) is 23.7 Å². The molecule has 1 heterocycles. The highest BCUT2D eigenvalue weighted by Gasteiger charge is 2.08. The normalized spacial score (nSPS) is 12.9. The second kappa shape index (κ2) is 4.56.